The van der Waals surface area contributed by atoms with E-state index in [1.807, 2.05) is 24.3 Å². The van der Waals surface area contributed by atoms with Gasteiger partial charge in [0.2, 0.25) is 10.0 Å². The van der Waals surface area contributed by atoms with Crippen LogP contribution in [-0.4, -0.2) is 40.5 Å². The number of pyridine rings is 2. The van der Waals surface area contributed by atoms with Crippen molar-refractivity contribution in [3.05, 3.63) is 75.9 Å². The van der Waals surface area contributed by atoms with Crippen molar-refractivity contribution in [2.75, 3.05) is 12.3 Å². The van der Waals surface area contributed by atoms with E-state index >= 15 is 0 Å². The number of nitrogens with one attached hydrogen (secondary N) is 1. The summed E-state index contributed by atoms with van der Waals surface area (Å²) >= 11 is 7.87. The van der Waals surface area contributed by atoms with Crippen LogP contribution in [0.2, 0.25) is 5.02 Å². The van der Waals surface area contributed by atoms with Gasteiger partial charge in [-0.2, -0.15) is 0 Å². The molecule has 4 aromatic rings. The van der Waals surface area contributed by atoms with Crippen LogP contribution >= 0.6 is 22.9 Å². The fourth-order valence-electron chi connectivity index (χ4n) is 3.99. The molecule has 2 atom stereocenters. The topological polar surface area (TPSA) is 138 Å². The molecule has 1 aromatic carbocycles. The molecule has 0 amide bonds. The van der Waals surface area contributed by atoms with E-state index in [-0.39, 0.29) is 5.82 Å². The molecule has 1 fully saturated rings. The molecule has 1 saturated carbocycles. The Morgan fingerprint density at radius 2 is 2.03 bits per heavy atom. The van der Waals surface area contributed by atoms with Crippen molar-refractivity contribution in [3.63, 3.8) is 0 Å². The molecule has 11 heteroatoms. The number of halogens is 1. The van der Waals surface area contributed by atoms with Crippen LogP contribution in [0.1, 0.15) is 41.9 Å². The Morgan fingerprint density at radius 1 is 1.25 bits per heavy atom. The third-order valence-corrected chi connectivity index (χ3v) is 9.71. The van der Waals surface area contributed by atoms with Gasteiger partial charge in [0.1, 0.15) is 11.4 Å². The summed E-state index contributed by atoms with van der Waals surface area (Å²) < 4.78 is 29.6. The van der Waals surface area contributed by atoms with Gasteiger partial charge in [0.05, 0.1) is 34.3 Å². The average molecular weight is 545 g/mol. The molecule has 5 rings (SSSR count). The Kier molecular flexibility index (Phi) is 6.52. The van der Waals surface area contributed by atoms with Crippen molar-refractivity contribution >= 4 is 48.9 Å². The Balaban J connectivity index is 1.64. The Hall–Kier alpha value is -2.60. The average Bonchev–Trinajstić information content (AvgIpc) is 3.64. The largest absolute Gasteiger partial charge is 0.393 e. The Bertz CT molecular complexity index is 1550. The van der Waals surface area contributed by atoms with Gasteiger partial charge >= 0.3 is 0 Å². The minimum Gasteiger partial charge on any atom is -0.393 e. The van der Waals surface area contributed by atoms with Gasteiger partial charge in [0, 0.05) is 21.3 Å². The summed E-state index contributed by atoms with van der Waals surface area (Å²) in [6.07, 6.45) is 2.83. The number of hydrogen-bond acceptors (Lipinski definition) is 8. The highest BCUT2D eigenvalue weighted by molar-refractivity contribution is 7.90. The van der Waals surface area contributed by atoms with Crippen LogP contribution in [0.15, 0.2) is 54.7 Å². The van der Waals surface area contributed by atoms with Gasteiger partial charge < -0.3 is 15.9 Å². The molecule has 1 unspecified atom stereocenters. The molecular weight excluding hydrogens is 520 g/mol. The van der Waals surface area contributed by atoms with Gasteiger partial charge in [-0.1, -0.05) is 29.8 Å². The number of aliphatic hydroxyl groups is 2. The van der Waals surface area contributed by atoms with E-state index in [0.717, 1.165) is 15.6 Å². The minimum atomic E-state index is -3.58. The van der Waals surface area contributed by atoms with E-state index in [4.69, 9.17) is 17.3 Å². The first kappa shape index (κ1) is 25.1. The van der Waals surface area contributed by atoms with E-state index in [1.165, 1.54) is 18.3 Å². The zero-order valence-corrected chi connectivity index (χ0v) is 21.7. The van der Waals surface area contributed by atoms with Gasteiger partial charge in [-0.05, 0) is 61.0 Å². The van der Waals surface area contributed by atoms with Gasteiger partial charge in [-0.3, -0.25) is 4.98 Å². The second-order valence-electron chi connectivity index (χ2n) is 9.13. The molecule has 0 radical (unpaired) electrons. The summed E-state index contributed by atoms with van der Waals surface area (Å²) in [6, 6.07) is 13.4. The maximum Gasteiger partial charge on any atom is 0.215 e. The number of nitrogens with two attached hydrogens (primary N) is 1. The number of nitrogens with zero attached hydrogens (tertiary/aromatic N) is 2. The monoisotopic (exact) mass is 544 g/mol. The van der Waals surface area contributed by atoms with Crippen LogP contribution < -0.4 is 10.5 Å². The maximum atomic E-state index is 12.9. The lowest BCUT2D eigenvalue weighted by molar-refractivity contribution is -0.00230. The predicted octanol–water partition coefficient (Wildman–Crippen LogP) is 3.96. The molecule has 36 heavy (non-hydrogen) atoms. The molecular formula is C25H25ClN4O4S2. The molecule has 0 saturated heterocycles. The highest BCUT2D eigenvalue weighted by Crippen LogP contribution is 2.41. The van der Waals surface area contributed by atoms with E-state index < -0.39 is 33.5 Å². The number of aromatic nitrogens is 2. The summed E-state index contributed by atoms with van der Waals surface area (Å²) in [4.78, 5) is 9.57. The zero-order valence-electron chi connectivity index (χ0n) is 19.3. The first-order valence-electron chi connectivity index (χ1n) is 11.3. The number of benzene rings is 1. The van der Waals surface area contributed by atoms with Crippen molar-refractivity contribution in [3.8, 4) is 11.3 Å². The molecule has 188 valence electrons. The molecule has 8 nitrogen and oxygen atoms in total. The highest BCUT2D eigenvalue weighted by Gasteiger charge is 2.38. The maximum absolute atomic E-state index is 12.9. The van der Waals surface area contributed by atoms with Crippen LogP contribution in [0.3, 0.4) is 0 Å². The van der Waals surface area contributed by atoms with Crippen LogP contribution in [0, 0.1) is 0 Å². The molecule has 3 heterocycles. The first-order chi connectivity index (χ1) is 17.1. The van der Waals surface area contributed by atoms with Gasteiger partial charge in [-0.25, -0.2) is 18.1 Å². The number of fused-ring (bicyclic) bond motifs is 1. The summed E-state index contributed by atoms with van der Waals surface area (Å²) in [7, 11) is -3.58. The number of rotatable bonds is 8. The number of hydrogen-bond donors (Lipinski definition) is 4. The van der Waals surface area contributed by atoms with Crippen molar-refractivity contribution in [2.24, 2.45) is 0 Å². The van der Waals surface area contributed by atoms with Crippen molar-refractivity contribution in [1.82, 2.24) is 14.7 Å². The van der Waals surface area contributed by atoms with Crippen LogP contribution in [-0.2, 0) is 15.6 Å². The number of anilines is 1. The van der Waals surface area contributed by atoms with E-state index in [0.29, 0.717) is 39.7 Å². The standard InChI is InChI=1S/C25H25ClN4O4S2/c1-25(32,13-31)15-9-10-28-19(12-15)17-4-2-3-14-11-20(35-24(14)17)23(30-36(33,34)16-5-6-16)22-18(26)7-8-21(27)29-22/h2-4,7-12,16,23,30-32H,5-6,13H2,1H3,(H2,27,29)/t23?,25-/m0/s1. The van der Waals surface area contributed by atoms with E-state index in [2.05, 4.69) is 14.7 Å². The molecule has 1 aliphatic rings. The molecule has 0 aliphatic heterocycles. The SMILES string of the molecule is C[C@](O)(CO)c1ccnc(-c2cccc3cc(C(NS(=O)(=O)C4CC4)c4nc(N)ccc4Cl)sc23)c1. The van der Waals surface area contributed by atoms with Gasteiger partial charge in [0.25, 0.3) is 0 Å². The van der Waals surface area contributed by atoms with Gasteiger partial charge in [-0.15, -0.1) is 11.3 Å². The molecule has 0 bridgehead atoms. The summed E-state index contributed by atoms with van der Waals surface area (Å²) in [5.74, 6) is 0.240. The fourth-order valence-corrected chi connectivity index (χ4v) is 7.04. The number of thiophene rings is 1. The van der Waals surface area contributed by atoms with Crippen molar-refractivity contribution in [2.45, 2.75) is 36.7 Å². The van der Waals surface area contributed by atoms with Crippen molar-refractivity contribution < 1.29 is 18.6 Å². The smallest absolute Gasteiger partial charge is 0.215 e. The minimum absolute atomic E-state index is 0.240. The van der Waals surface area contributed by atoms with Gasteiger partial charge in [0.15, 0.2) is 0 Å². The Morgan fingerprint density at radius 3 is 2.75 bits per heavy atom. The molecule has 5 N–H and O–H groups in total. The van der Waals surface area contributed by atoms with Crippen LogP contribution in [0.25, 0.3) is 21.3 Å². The normalized spacial score (nSPS) is 16.7. The third kappa shape index (κ3) is 4.84. The Labute approximate surface area is 217 Å². The summed E-state index contributed by atoms with van der Waals surface area (Å²) in [5.41, 5.74) is 6.83. The van der Waals surface area contributed by atoms with Crippen LogP contribution in [0.5, 0.6) is 0 Å². The third-order valence-electron chi connectivity index (χ3n) is 6.23. The van der Waals surface area contributed by atoms with E-state index in [9.17, 15) is 18.6 Å². The summed E-state index contributed by atoms with van der Waals surface area (Å²) in [5, 5.41) is 20.9. The first-order valence-corrected chi connectivity index (χ1v) is 14.1. The molecule has 0 spiro atoms. The number of aliphatic hydroxyl groups excluding tert-OH is 1. The number of nitrogen functional groups attached to an aromatic ring is 1. The second-order valence-corrected chi connectivity index (χ2v) is 12.6. The lowest BCUT2D eigenvalue weighted by atomic mass is 9.96. The highest BCUT2D eigenvalue weighted by atomic mass is 35.5. The molecule has 1 aliphatic carbocycles. The van der Waals surface area contributed by atoms with E-state index in [1.54, 1.807) is 30.5 Å². The number of sulfonamides is 1. The lowest BCUT2D eigenvalue weighted by Gasteiger charge is -2.21. The quantitative estimate of drug-likeness (QED) is 0.263. The molecule has 3 aromatic heterocycles. The fraction of sp³-hybridized carbons (Fsp3) is 0.280. The summed E-state index contributed by atoms with van der Waals surface area (Å²) in [6.45, 7) is 1.11. The zero-order chi connectivity index (χ0) is 25.7. The second kappa shape index (κ2) is 9.37. The lowest BCUT2D eigenvalue weighted by Crippen LogP contribution is -2.32. The van der Waals surface area contributed by atoms with Crippen molar-refractivity contribution in [1.29, 1.82) is 0 Å². The predicted molar refractivity (Wildman–Crippen MR) is 142 cm³/mol. The van der Waals surface area contributed by atoms with Crippen LogP contribution in [0.4, 0.5) is 5.82 Å².